The van der Waals surface area contributed by atoms with Gasteiger partial charge in [0.15, 0.2) is 0 Å². The Morgan fingerprint density at radius 3 is 2.62 bits per heavy atom. The maximum Gasteiger partial charge on any atom is 0.246 e. The van der Waals surface area contributed by atoms with Crippen LogP contribution in [0.15, 0.2) is 47.5 Å². The number of benzene rings is 1. The SMILES string of the molecule is O=C1C=CCC(=NCc2ccccc2)C1=O. The van der Waals surface area contributed by atoms with E-state index in [2.05, 4.69) is 4.99 Å². The van der Waals surface area contributed by atoms with Crippen LogP contribution in [0.2, 0.25) is 0 Å². The molecule has 0 amide bonds. The van der Waals surface area contributed by atoms with Crippen molar-refractivity contribution in [1.29, 1.82) is 0 Å². The molecule has 0 radical (unpaired) electrons. The summed E-state index contributed by atoms with van der Waals surface area (Å²) in [6, 6.07) is 9.64. The summed E-state index contributed by atoms with van der Waals surface area (Å²) in [5.41, 5.74) is 1.39. The molecule has 0 aromatic heterocycles. The van der Waals surface area contributed by atoms with Gasteiger partial charge in [-0.25, -0.2) is 0 Å². The minimum atomic E-state index is -0.474. The number of nitrogens with zero attached hydrogens (tertiary/aromatic N) is 1. The molecule has 1 aromatic rings. The zero-order valence-corrected chi connectivity index (χ0v) is 8.72. The molecule has 0 heterocycles. The summed E-state index contributed by atoms with van der Waals surface area (Å²) in [5, 5.41) is 0. The maximum atomic E-state index is 11.4. The second-order valence-corrected chi connectivity index (χ2v) is 3.55. The molecule has 0 aliphatic heterocycles. The van der Waals surface area contributed by atoms with Crippen molar-refractivity contribution in [2.75, 3.05) is 0 Å². The van der Waals surface area contributed by atoms with Gasteiger partial charge in [0.05, 0.1) is 12.3 Å². The first-order valence-electron chi connectivity index (χ1n) is 5.10. The van der Waals surface area contributed by atoms with Crippen LogP contribution in [0.3, 0.4) is 0 Å². The van der Waals surface area contributed by atoms with E-state index in [0.717, 1.165) is 5.56 Å². The highest BCUT2D eigenvalue weighted by molar-refractivity contribution is 6.68. The number of aliphatic imine (C=N–C) groups is 1. The van der Waals surface area contributed by atoms with E-state index in [1.165, 1.54) is 6.08 Å². The van der Waals surface area contributed by atoms with Gasteiger partial charge in [-0.3, -0.25) is 14.6 Å². The molecule has 0 saturated carbocycles. The molecule has 0 bridgehead atoms. The Bertz CT molecular complexity index is 472. The van der Waals surface area contributed by atoms with Crippen molar-refractivity contribution in [1.82, 2.24) is 0 Å². The molecular weight excluding hydrogens is 202 g/mol. The van der Waals surface area contributed by atoms with Crippen LogP contribution in [-0.4, -0.2) is 17.3 Å². The standard InChI is InChI=1S/C13H11NO2/c15-12-8-4-7-11(13(12)16)14-9-10-5-2-1-3-6-10/h1-6,8H,7,9H2. The lowest BCUT2D eigenvalue weighted by molar-refractivity contribution is -0.130. The molecule has 16 heavy (non-hydrogen) atoms. The number of ketones is 2. The van der Waals surface area contributed by atoms with E-state index in [-0.39, 0.29) is 0 Å². The second kappa shape index (κ2) is 4.66. The third kappa shape index (κ3) is 2.31. The Hall–Kier alpha value is -2.03. The Labute approximate surface area is 93.5 Å². The zero-order chi connectivity index (χ0) is 11.4. The minimum absolute atomic E-state index is 0.358. The molecule has 0 saturated heterocycles. The average Bonchev–Trinajstić information content (AvgIpc) is 2.32. The third-order valence-corrected chi connectivity index (χ3v) is 2.36. The summed E-state index contributed by atoms with van der Waals surface area (Å²) in [7, 11) is 0. The van der Waals surface area contributed by atoms with Gasteiger partial charge in [-0.05, 0) is 11.6 Å². The van der Waals surface area contributed by atoms with Crippen molar-refractivity contribution in [3.63, 3.8) is 0 Å². The monoisotopic (exact) mass is 213 g/mol. The van der Waals surface area contributed by atoms with Crippen LogP contribution in [0.5, 0.6) is 0 Å². The van der Waals surface area contributed by atoms with E-state index in [1.54, 1.807) is 6.08 Å². The van der Waals surface area contributed by atoms with Gasteiger partial charge in [0.1, 0.15) is 0 Å². The smallest absolute Gasteiger partial charge is 0.246 e. The summed E-state index contributed by atoms with van der Waals surface area (Å²) in [5.74, 6) is -0.948. The highest BCUT2D eigenvalue weighted by Crippen LogP contribution is 2.05. The van der Waals surface area contributed by atoms with E-state index < -0.39 is 11.6 Å². The van der Waals surface area contributed by atoms with Gasteiger partial charge < -0.3 is 0 Å². The maximum absolute atomic E-state index is 11.4. The fraction of sp³-hybridized carbons (Fsp3) is 0.154. The molecule has 1 aromatic carbocycles. The van der Waals surface area contributed by atoms with Gasteiger partial charge in [0.2, 0.25) is 11.6 Å². The Morgan fingerprint density at radius 1 is 1.12 bits per heavy atom. The molecule has 0 unspecified atom stereocenters. The van der Waals surface area contributed by atoms with Crippen LogP contribution in [-0.2, 0) is 16.1 Å². The lowest BCUT2D eigenvalue weighted by atomic mass is 10.0. The summed E-state index contributed by atoms with van der Waals surface area (Å²) < 4.78 is 0. The normalized spacial score (nSPS) is 18.1. The zero-order valence-electron chi connectivity index (χ0n) is 8.72. The fourth-order valence-corrected chi connectivity index (χ4v) is 1.49. The number of hydrogen-bond donors (Lipinski definition) is 0. The first-order chi connectivity index (χ1) is 7.77. The van der Waals surface area contributed by atoms with Gasteiger partial charge in [0.25, 0.3) is 0 Å². The van der Waals surface area contributed by atoms with Crippen molar-refractivity contribution in [2.24, 2.45) is 4.99 Å². The summed E-state index contributed by atoms with van der Waals surface area (Å²) >= 11 is 0. The van der Waals surface area contributed by atoms with Crippen LogP contribution in [0.1, 0.15) is 12.0 Å². The van der Waals surface area contributed by atoms with Gasteiger partial charge >= 0.3 is 0 Å². The van der Waals surface area contributed by atoms with Crippen LogP contribution in [0.25, 0.3) is 0 Å². The predicted octanol–water partition coefficient (Wildman–Crippen LogP) is 1.73. The molecule has 3 heteroatoms. The van der Waals surface area contributed by atoms with Crippen LogP contribution in [0, 0.1) is 0 Å². The molecule has 2 rings (SSSR count). The summed E-state index contributed by atoms with van der Waals surface area (Å²) in [6.07, 6.45) is 3.44. The Balaban J connectivity index is 2.11. The lowest BCUT2D eigenvalue weighted by Crippen LogP contribution is -2.25. The van der Waals surface area contributed by atoms with E-state index in [1.807, 2.05) is 30.3 Å². The van der Waals surface area contributed by atoms with Crippen molar-refractivity contribution >= 4 is 17.3 Å². The van der Waals surface area contributed by atoms with Crippen LogP contribution in [0.4, 0.5) is 0 Å². The van der Waals surface area contributed by atoms with Crippen LogP contribution < -0.4 is 0 Å². The second-order valence-electron chi connectivity index (χ2n) is 3.55. The quantitative estimate of drug-likeness (QED) is 0.702. The molecule has 1 aliphatic carbocycles. The van der Waals surface area contributed by atoms with E-state index in [4.69, 9.17) is 0 Å². The van der Waals surface area contributed by atoms with Gasteiger partial charge in [-0.2, -0.15) is 0 Å². The fourth-order valence-electron chi connectivity index (χ4n) is 1.49. The van der Waals surface area contributed by atoms with Crippen molar-refractivity contribution in [3.05, 3.63) is 48.0 Å². The molecule has 0 spiro atoms. The number of carbonyl (C=O) groups is 2. The highest BCUT2D eigenvalue weighted by Gasteiger charge is 2.20. The molecular formula is C13H11NO2. The molecule has 80 valence electrons. The number of rotatable bonds is 2. The van der Waals surface area contributed by atoms with Crippen molar-refractivity contribution in [3.8, 4) is 0 Å². The number of hydrogen-bond acceptors (Lipinski definition) is 3. The van der Waals surface area contributed by atoms with E-state index in [9.17, 15) is 9.59 Å². The molecule has 0 fully saturated rings. The predicted molar refractivity (Wildman–Crippen MR) is 61.4 cm³/mol. The summed E-state index contributed by atoms with van der Waals surface area (Å²) in [4.78, 5) is 26.7. The van der Waals surface area contributed by atoms with Gasteiger partial charge in [-0.15, -0.1) is 0 Å². The first kappa shape index (κ1) is 10.5. The number of Topliss-reactive ketones (excluding diaryl/α,β-unsaturated/α-hetero) is 1. The highest BCUT2D eigenvalue weighted by atomic mass is 16.2. The van der Waals surface area contributed by atoms with E-state index in [0.29, 0.717) is 18.7 Å². The molecule has 1 aliphatic rings. The van der Waals surface area contributed by atoms with Crippen molar-refractivity contribution < 1.29 is 9.59 Å². The molecule has 0 N–H and O–H groups in total. The largest absolute Gasteiger partial charge is 0.286 e. The number of carbonyl (C=O) groups excluding carboxylic acids is 2. The van der Waals surface area contributed by atoms with E-state index >= 15 is 0 Å². The Morgan fingerprint density at radius 2 is 1.88 bits per heavy atom. The Kier molecular flexibility index (Phi) is 3.05. The molecule has 3 nitrogen and oxygen atoms in total. The van der Waals surface area contributed by atoms with Crippen LogP contribution >= 0.6 is 0 Å². The topological polar surface area (TPSA) is 46.5 Å². The van der Waals surface area contributed by atoms with Gasteiger partial charge in [0, 0.05) is 6.42 Å². The molecule has 0 atom stereocenters. The third-order valence-electron chi connectivity index (χ3n) is 2.36. The van der Waals surface area contributed by atoms with Gasteiger partial charge in [-0.1, -0.05) is 36.4 Å². The lowest BCUT2D eigenvalue weighted by Gasteiger charge is -2.05. The van der Waals surface area contributed by atoms with Crippen molar-refractivity contribution in [2.45, 2.75) is 13.0 Å². The minimum Gasteiger partial charge on any atom is -0.286 e. The number of allylic oxidation sites excluding steroid dienone is 2. The average molecular weight is 213 g/mol. The first-order valence-corrected chi connectivity index (χ1v) is 5.10. The summed E-state index contributed by atoms with van der Waals surface area (Å²) in [6.45, 7) is 0.447.